The second kappa shape index (κ2) is 6.70. The lowest BCUT2D eigenvalue weighted by molar-refractivity contribution is 0.0948. The fourth-order valence-electron chi connectivity index (χ4n) is 2.21. The molecule has 0 saturated carbocycles. The van der Waals surface area contributed by atoms with Gasteiger partial charge in [-0.25, -0.2) is 14.1 Å². The first-order chi connectivity index (χ1) is 11.1. The van der Waals surface area contributed by atoms with E-state index in [9.17, 15) is 9.18 Å². The summed E-state index contributed by atoms with van der Waals surface area (Å²) in [7, 11) is 0. The standard InChI is InChI=1S/C16H15FN4OS/c1-11-8-14(16(22)18-7-6-12-9-23-10-19-12)20-21(11)15-5-3-2-4-13(15)17/h2-5,8-10H,6-7H2,1H3,(H,18,22). The number of para-hydroxylation sites is 1. The number of hydrogen-bond acceptors (Lipinski definition) is 4. The van der Waals surface area contributed by atoms with Crippen LogP contribution in [0.2, 0.25) is 0 Å². The van der Waals surface area contributed by atoms with Crippen molar-refractivity contribution in [2.75, 3.05) is 6.54 Å². The van der Waals surface area contributed by atoms with E-state index in [1.165, 1.54) is 22.1 Å². The van der Waals surface area contributed by atoms with Crippen LogP contribution in [0.1, 0.15) is 21.9 Å². The molecule has 0 fully saturated rings. The van der Waals surface area contributed by atoms with E-state index in [1.54, 1.807) is 36.7 Å². The normalized spacial score (nSPS) is 10.7. The van der Waals surface area contributed by atoms with Gasteiger partial charge < -0.3 is 5.32 Å². The van der Waals surface area contributed by atoms with Gasteiger partial charge in [0.25, 0.3) is 5.91 Å². The molecular formula is C16H15FN4OS. The number of nitrogens with one attached hydrogen (secondary N) is 1. The molecule has 3 rings (SSSR count). The van der Waals surface area contributed by atoms with E-state index >= 15 is 0 Å². The fraction of sp³-hybridized carbons (Fsp3) is 0.188. The largest absolute Gasteiger partial charge is 0.350 e. The van der Waals surface area contributed by atoms with Crippen molar-refractivity contribution in [2.24, 2.45) is 0 Å². The summed E-state index contributed by atoms with van der Waals surface area (Å²) < 4.78 is 15.3. The van der Waals surface area contributed by atoms with Crippen LogP contribution in [0.3, 0.4) is 0 Å². The molecule has 0 spiro atoms. The Morgan fingerprint density at radius 3 is 2.96 bits per heavy atom. The lowest BCUT2D eigenvalue weighted by Gasteiger charge is -2.05. The average Bonchev–Trinajstić information content (AvgIpc) is 3.17. The maximum Gasteiger partial charge on any atom is 0.271 e. The van der Waals surface area contributed by atoms with Crippen LogP contribution in [0.25, 0.3) is 5.69 Å². The van der Waals surface area contributed by atoms with Gasteiger partial charge in [0, 0.05) is 24.0 Å². The van der Waals surface area contributed by atoms with Crippen LogP contribution in [-0.4, -0.2) is 27.2 Å². The van der Waals surface area contributed by atoms with Crippen molar-refractivity contribution in [1.82, 2.24) is 20.1 Å². The van der Waals surface area contributed by atoms with Crippen LogP contribution in [-0.2, 0) is 6.42 Å². The summed E-state index contributed by atoms with van der Waals surface area (Å²) in [5.41, 5.74) is 4.00. The van der Waals surface area contributed by atoms with E-state index in [0.717, 1.165) is 5.69 Å². The van der Waals surface area contributed by atoms with Crippen molar-refractivity contribution in [3.05, 3.63) is 64.1 Å². The van der Waals surface area contributed by atoms with Crippen LogP contribution < -0.4 is 5.32 Å². The molecule has 1 aromatic carbocycles. The van der Waals surface area contributed by atoms with Crippen molar-refractivity contribution >= 4 is 17.2 Å². The lowest BCUT2D eigenvalue weighted by Crippen LogP contribution is -2.26. The average molecular weight is 330 g/mol. The third-order valence-electron chi connectivity index (χ3n) is 3.35. The third kappa shape index (κ3) is 3.45. The Hall–Kier alpha value is -2.54. The number of rotatable bonds is 5. The van der Waals surface area contributed by atoms with E-state index < -0.39 is 0 Å². The zero-order chi connectivity index (χ0) is 16.2. The lowest BCUT2D eigenvalue weighted by atomic mass is 10.3. The summed E-state index contributed by atoms with van der Waals surface area (Å²) in [4.78, 5) is 16.3. The number of aromatic nitrogens is 3. The molecule has 0 aliphatic rings. The molecule has 23 heavy (non-hydrogen) atoms. The van der Waals surface area contributed by atoms with Crippen LogP contribution in [0, 0.1) is 12.7 Å². The Morgan fingerprint density at radius 2 is 2.22 bits per heavy atom. The minimum absolute atomic E-state index is 0.268. The first-order valence-electron chi connectivity index (χ1n) is 7.12. The summed E-state index contributed by atoms with van der Waals surface area (Å²) in [6, 6.07) is 7.98. The minimum atomic E-state index is -0.380. The summed E-state index contributed by atoms with van der Waals surface area (Å²) in [5, 5.41) is 8.96. The van der Waals surface area contributed by atoms with E-state index in [1.807, 2.05) is 5.38 Å². The quantitative estimate of drug-likeness (QED) is 0.782. The van der Waals surface area contributed by atoms with Gasteiger partial charge in [-0.05, 0) is 25.1 Å². The van der Waals surface area contributed by atoms with Crippen molar-refractivity contribution in [2.45, 2.75) is 13.3 Å². The molecule has 3 aromatic rings. The number of halogens is 1. The fourth-order valence-corrected chi connectivity index (χ4v) is 2.80. The Morgan fingerprint density at radius 1 is 1.39 bits per heavy atom. The molecule has 7 heteroatoms. The molecule has 5 nitrogen and oxygen atoms in total. The second-order valence-corrected chi connectivity index (χ2v) is 5.74. The van der Waals surface area contributed by atoms with Crippen LogP contribution in [0.5, 0.6) is 0 Å². The van der Waals surface area contributed by atoms with Gasteiger partial charge in [-0.2, -0.15) is 5.10 Å². The molecule has 2 heterocycles. The second-order valence-electron chi connectivity index (χ2n) is 5.02. The summed E-state index contributed by atoms with van der Waals surface area (Å²) >= 11 is 1.52. The highest BCUT2D eigenvalue weighted by molar-refractivity contribution is 7.07. The highest BCUT2D eigenvalue weighted by Gasteiger charge is 2.14. The molecule has 0 unspecified atom stereocenters. The van der Waals surface area contributed by atoms with Crippen LogP contribution >= 0.6 is 11.3 Å². The molecule has 118 valence electrons. The molecular weight excluding hydrogens is 315 g/mol. The Balaban J connectivity index is 1.70. The molecule has 0 radical (unpaired) electrons. The van der Waals surface area contributed by atoms with E-state index in [4.69, 9.17) is 0 Å². The number of amides is 1. The van der Waals surface area contributed by atoms with Gasteiger partial charge in [-0.1, -0.05) is 12.1 Å². The van der Waals surface area contributed by atoms with Gasteiger partial charge in [-0.15, -0.1) is 11.3 Å². The van der Waals surface area contributed by atoms with Crippen molar-refractivity contribution in [3.63, 3.8) is 0 Å². The molecule has 2 aromatic heterocycles. The number of thiazole rings is 1. The van der Waals surface area contributed by atoms with Gasteiger partial charge in [0.05, 0.1) is 11.2 Å². The molecule has 1 amide bonds. The highest BCUT2D eigenvalue weighted by atomic mass is 32.1. The van der Waals surface area contributed by atoms with E-state index in [2.05, 4.69) is 15.4 Å². The number of carbonyl (C=O) groups excluding carboxylic acids is 1. The number of nitrogens with zero attached hydrogens (tertiary/aromatic N) is 3. The first-order valence-corrected chi connectivity index (χ1v) is 8.06. The predicted molar refractivity (Wildman–Crippen MR) is 86.4 cm³/mol. The Labute approximate surface area is 136 Å². The SMILES string of the molecule is Cc1cc(C(=O)NCCc2cscn2)nn1-c1ccccc1F. The zero-order valence-electron chi connectivity index (χ0n) is 12.5. The predicted octanol–water partition coefficient (Wildman–Crippen LogP) is 2.75. The molecule has 0 aliphatic carbocycles. The van der Waals surface area contributed by atoms with Crippen LogP contribution in [0.15, 0.2) is 41.2 Å². The number of aryl methyl sites for hydroxylation is 1. The molecule has 1 N–H and O–H groups in total. The topological polar surface area (TPSA) is 59.8 Å². The Kier molecular flexibility index (Phi) is 4.47. The molecule has 0 bridgehead atoms. The van der Waals surface area contributed by atoms with Crippen molar-refractivity contribution in [1.29, 1.82) is 0 Å². The van der Waals surface area contributed by atoms with Crippen molar-refractivity contribution < 1.29 is 9.18 Å². The number of carbonyl (C=O) groups is 1. The maximum atomic E-state index is 13.9. The minimum Gasteiger partial charge on any atom is -0.350 e. The number of benzene rings is 1. The molecule has 0 atom stereocenters. The van der Waals surface area contributed by atoms with Gasteiger partial charge in [0.2, 0.25) is 0 Å². The Bertz CT molecular complexity index is 813. The monoisotopic (exact) mass is 330 g/mol. The third-order valence-corrected chi connectivity index (χ3v) is 3.99. The van der Waals surface area contributed by atoms with E-state index in [-0.39, 0.29) is 17.4 Å². The zero-order valence-corrected chi connectivity index (χ0v) is 13.3. The smallest absolute Gasteiger partial charge is 0.271 e. The number of hydrogen-bond donors (Lipinski definition) is 1. The van der Waals surface area contributed by atoms with Gasteiger partial charge in [0.15, 0.2) is 5.69 Å². The van der Waals surface area contributed by atoms with Gasteiger partial charge >= 0.3 is 0 Å². The van der Waals surface area contributed by atoms with Gasteiger partial charge in [0.1, 0.15) is 11.5 Å². The van der Waals surface area contributed by atoms with Gasteiger partial charge in [-0.3, -0.25) is 4.79 Å². The summed E-state index contributed by atoms with van der Waals surface area (Å²) in [6.45, 7) is 2.26. The van der Waals surface area contributed by atoms with Crippen LogP contribution in [0.4, 0.5) is 4.39 Å². The maximum absolute atomic E-state index is 13.9. The van der Waals surface area contributed by atoms with E-state index in [0.29, 0.717) is 24.3 Å². The summed E-state index contributed by atoms with van der Waals surface area (Å²) in [5.74, 6) is -0.660. The first kappa shape index (κ1) is 15.4. The molecule has 0 aliphatic heterocycles. The summed E-state index contributed by atoms with van der Waals surface area (Å²) in [6.07, 6.45) is 0.669. The molecule has 0 saturated heterocycles. The highest BCUT2D eigenvalue weighted by Crippen LogP contribution is 2.15. The van der Waals surface area contributed by atoms with Crippen molar-refractivity contribution in [3.8, 4) is 5.69 Å².